The highest BCUT2D eigenvalue weighted by molar-refractivity contribution is 6.35. The lowest BCUT2D eigenvalue weighted by molar-refractivity contribution is 0.934. The van der Waals surface area contributed by atoms with Crippen LogP contribution in [0.25, 0.3) is 33.1 Å². The summed E-state index contributed by atoms with van der Waals surface area (Å²) in [6.07, 6.45) is 0.523. The monoisotopic (exact) mass is 414 g/mol. The number of nitrogens with one attached hydrogen (secondary N) is 2. The molecule has 0 unspecified atom stereocenters. The normalized spacial score (nSPS) is 11.2. The summed E-state index contributed by atoms with van der Waals surface area (Å²) in [7, 11) is 0. The van der Waals surface area contributed by atoms with Gasteiger partial charge in [0.25, 0.3) is 11.1 Å². The summed E-state index contributed by atoms with van der Waals surface area (Å²) in [5.41, 5.74) is 2.58. The Morgan fingerprint density at radius 1 is 0.867 bits per heavy atom. The van der Waals surface area contributed by atoms with E-state index in [4.69, 9.17) is 11.6 Å². The molecule has 2 heterocycles. The first-order chi connectivity index (χ1) is 14.6. The van der Waals surface area contributed by atoms with Crippen molar-refractivity contribution in [1.29, 1.82) is 0 Å². The SMILES string of the molecule is O=c1[nH]nc(Cc2cccc(-c3nc4cccc(Cl)c4c(=O)[nH]3)c2)c2ccccc12. The number of benzene rings is 3. The van der Waals surface area contributed by atoms with Crippen LogP contribution in [0.3, 0.4) is 0 Å². The molecule has 146 valence electrons. The summed E-state index contributed by atoms with van der Waals surface area (Å²) in [4.78, 5) is 31.9. The van der Waals surface area contributed by atoms with E-state index in [9.17, 15) is 9.59 Å². The average Bonchev–Trinajstić information content (AvgIpc) is 2.76. The second-order valence-electron chi connectivity index (χ2n) is 6.97. The van der Waals surface area contributed by atoms with Crippen LogP contribution in [0.5, 0.6) is 0 Å². The first-order valence-electron chi connectivity index (χ1n) is 9.34. The molecule has 0 bridgehead atoms. The Kier molecular flexibility index (Phi) is 4.41. The van der Waals surface area contributed by atoms with Gasteiger partial charge < -0.3 is 4.98 Å². The summed E-state index contributed by atoms with van der Waals surface area (Å²) in [6, 6.07) is 20.3. The number of nitrogens with zero attached hydrogens (tertiary/aromatic N) is 2. The third-order valence-corrected chi connectivity index (χ3v) is 5.34. The van der Waals surface area contributed by atoms with Crippen LogP contribution >= 0.6 is 11.6 Å². The molecule has 0 saturated heterocycles. The maximum atomic E-state index is 12.5. The van der Waals surface area contributed by atoms with Gasteiger partial charge in [0.05, 0.1) is 27.0 Å². The van der Waals surface area contributed by atoms with Crippen molar-refractivity contribution in [2.75, 3.05) is 0 Å². The van der Waals surface area contributed by atoms with Gasteiger partial charge in [0.1, 0.15) is 5.82 Å². The van der Waals surface area contributed by atoms with E-state index in [1.54, 1.807) is 24.3 Å². The van der Waals surface area contributed by atoms with Gasteiger partial charge in [0.2, 0.25) is 0 Å². The molecule has 0 spiro atoms. The van der Waals surface area contributed by atoms with E-state index in [1.807, 2.05) is 42.5 Å². The fourth-order valence-electron chi connectivity index (χ4n) is 3.61. The second kappa shape index (κ2) is 7.24. The summed E-state index contributed by atoms with van der Waals surface area (Å²) in [6.45, 7) is 0. The Morgan fingerprint density at radius 2 is 1.67 bits per heavy atom. The van der Waals surface area contributed by atoms with Crippen molar-refractivity contribution >= 4 is 33.3 Å². The zero-order valence-corrected chi connectivity index (χ0v) is 16.4. The van der Waals surface area contributed by atoms with Gasteiger partial charge in [0, 0.05) is 17.4 Å². The maximum absolute atomic E-state index is 12.5. The number of hydrogen-bond donors (Lipinski definition) is 2. The largest absolute Gasteiger partial charge is 0.306 e. The van der Waals surface area contributed by atoms with Crippen LogP contribution in [0.2, 0.25) is 5.02 Å². The minimum Gasteiger partial charge on any atom is -0.306 e. The number of aromatic amines is 2. The fraction of sp³-hybridized carbons (Fsp3) is 0.0435. The fourth-order valence-corrected chi connectivity index (χ4v) is 3.87. The molecule has 5 aromatic rings. The summed E-state index contributed by atoms with van der Waals surface area (Å²) in [5, 5.41) is 8.98. The second-order valence-corrected chi connectivity index (χ2v) is 7.38. The zero-order chi connectivity index (χ0) is 20.7. The van der Waals surface area contributed by atoms with Crippen LogP contribution in [0.4, 0.5) is 0 Å². The van der Waals surface area contributed by atoms with Crippen LogP contribution in [0, 0.1) is 0 Å². The van der Waals surface area contributed by atoms with Gasteiger partial charge in [-0.15, -0.1) is 0 Å². The Balaban J connectivity index is 1.58. The molecule has 2 N–H and O–H groups in total. The van der Waals surface area contributed by atoms with Gasteiger partial charge in [-0.25, -0.2) is 10.1 Å². The van der Waals surface area contributed by atoms with Crippen molar-refractivity contribution in [2.24, 2.45) is 0 Å². The summed E-state index contributed by atoms with van der Waals surface area (Å²) < 4.78 is 0. The highest BCUT2D eigenvalue weighted by atomic mass is 35.5. The zero-order valence-electron chi connectivity index (χ0n) is 15.6. The van der Waals surface area contributed by atoms with Crippen LogP contribution < -0.4 is 11.1 Å². The molecule has 0 aliphatic carbocycles. The average molecular weight is 415 g/mol. The summed E-state index contributed by atoms with van der Waals surface area (Å²) in [5.74, 6) is 0.468. The molecule has 30 heavy (non-hydrogen) atoms. The number of aromatic nitrogens is 4. The Labute approximate surface area is 175 Å². The number of fused-ring (bicyclic) bond motifs is 2. The number of H-pyrrole nitrogens is 2. The van der Waals surface area contributed by atoms with E-state index in [1.165, 1.54) is 0 Å². The van der Waals surface area contributed by atoms with E-state index in [0.29, 0.717) is 33.6 Å². The van der Waals surface area contributed by atoms with E-state index in [2.05, 4.69) is 20.2 Å². The maximum Gasteiger partial charge on any atom is 0.272 e. The number of halogens is 1. The predicted molar refractivity (Wildman–Crippen MR) is 118 cm³/mol. The first kappa shape index (κ1) is 18.3. The van der Waals surface area contributed by atoms with Crippen molar-refractivity contribution in [3.63, 3.8) is 0 Å². The van der Waals surface area contributed by atoms with Crippen LogP contribution in [0.15, 0.2) is 76.3 Å². The molecule has 3 aromatic carbocycles. The van der Waals surface area contributed by atoms with Crippen molar-refractivity contribution in [1.82, 2.24) is 20.2 Å². The molecule has 0 aliphatic heterocycles. The number of hydrogen-bond acceptors (Lipinski definition) is 4. The van der Waals surface area contributed by atoms with Gasteiger partial charge in [-0.1, -0.05) is 54.1 Å². The van der Waals surface area contributed by atoms with Crippen molar-refractivity contribution < 1.29 is 0 Å². The molecule has 0 radical (unpaired) electrons. The standard InChI is InChI=1S/C23H15ClN4O2/c24-17-9-4-10-18-20(17)23(30)26-21(25-18)14-6-3-5-13(11-14)12-19-15-7-1-2-8-16(15)22(29)28-27-19/h1-11H,12H2,(H,28,29)(H,25,26,30). The Morgan fingerprint density at radius 3 is 2.53 bits per heavy atom. The van der Waals surface area contributed by atoms with Gasteiger partial charge in [0.15, 0.2) is 0 Å². The first-order valence-corrected chi connectivity index (χ1v) is 9.72. The molecule has 7 heteroatoms. The van der Waals surface area contributed by atoms with Gasteiger partial charge in [-0.3, -0.25) is 9.59 Å². The lowest BCUT2D eigenvalue weighted by Crippen LogP contribution is -2.11. The van der Waals surface area contributed by atoms with Crippen LogP contribution in [-0.4, -0.2) is 20.2 Å². The van der Waals surface area contributed by atoms with Crippen molar-refractivity contribution in [3.8, 4) is 11.4 Å². The topological polar surface area (TPSA) is 91.5 Å². The lowest BCUT2D eigenvalue weighted by Gasteiger charge is -2.08. The Bertz CT molecular complexity index is 1540. The van der Waals surface area contributed by atoms with Crippen LogP contribution in [0.1, 0.15) is 11.3 Å². The molecule has 2 aromatic heterocycles. The molecule has 0 atom stereocenters. The molecule has 6 nitrogen and oxygen atoms in total. The quantitative estimate of drug-likeness (QED) is 0.465. The molecular weight excluding hydrogens is 400 g/mol. The van der Waals surface area contributed by atoms with Crippen LogP contribution in [-0.2, 0) is 6.42 Å². The lowest BCUT2D eigenvalue weighted by atomic mass is 10.0. The third kappa shape index (κ3) is 3.17. The van der Waals surface area contributed by atoms with E-state index >= 15 is 0 Å². The van der Waals surface area contributed by atoms with E-state index in [0.717, 1.165) is 22.2 Å². The summed E-state index contributed by atoms with van der Waals surface area (Å²) >= 11 is 6.14. The molecule has 0 amide bonds. The minimum atomic E-state index is -0.278. The van der Waals surface area contributed by atoms with E-state index in [-0.39, 0.29) is 11.1 Å². The third-order valence-electron chi connectivity index (χ3n) is 5.03. The molecular formula is C23H15ClN4O2. The minimum absolute atomic E-state index is 0.209. The highest BCUT2D eigenvalue weighted by Crippen LogP contribution is 2.23. The van der Waals surface area contributed by atoms with Gasteiger partial charge >= 0.3 is 0 Å². The molecule has 0 aliphatic rings. The smallest absolute Gasteiger partial charge is 0.272 e. The van der Waals surface area contributed by atoms with Crippen molar-refractivity contribution in [2.45, 2.75) is 6.42 Å². The predicted octanol–water partition coefficient (Wildman–Crippen LogP) is 4.07. The number of rotatable bonds is 3. The highest BCUT2D eigenvalue weighted by Gasteiger charge is 2.11. The van der Waals surface area contributed by atoms with E-state index < -0.39 is 0 Å². The van der Waals surface area contributed by atoms with Crippen molar-refractivity contribution in [3.05, 3.63) is 104 Å². The molecule has 0 fully saturated rings. The van der Waals surface area contributed by atoms with Gasteiger partial charge in [-0.2, -0.15) is 5.10 Å². The molecule has 0 saturated carbocycles. The van der Waals surface area contributed by atoms with Gasteiger partial charge in [-0.05, 0) is 29.8 Å². The molecule has 5 rings (SSSR count). The Hall–Kier alpha value is -3.77.